The minimum Gasteiger partial charge on any atom is -0.341 e. The first-order valence-electron chi connectivity index (χ1n) is 5.37. The standard InChI is InChI=1S/C12H17N3.ClH/c1-8(2)7-9(13)12-14-10-5-3-4-6-11(10)15-12;/h3-6,8-9H,7,13H2,1-2H3,(H,14,15);1H/t9-;/m1./s1. The van der Waals surface area contributed by atoms with Crippen LogP contribution < -0.4 is 5.73 Å². The molecule has 0 saturated heterocycles. The lowest BCUT2D eigenvalue weighted by atomic mass is 10.0. The van der Waals surface area contributed by atoms with E-state index < -0.39 is 0 Å². The first-order chi connectivity index (χ1) is 7.16. The topological polar surface area (TPSA) is 54.7 Å². The molecule has 2 aromatic rings. The molecule has 0 aliphatic rings. The molecule has 88 valence electrons. The van der Waals surface area contributed by atoms with Crippen LogP contribution >= 0.6 is 12.4 Å². The Hall–Kier alpha value is -1.06. The van der Waals surface area contributed by atoms with Crippen molar-refractivity contribution in [2.24, 2.45) is 11.7 Å². The smallest absolute Gasteiger partial charge is 0.124 e. The van der Waals surface area contributed by atoms with Gasteiger partial charge in [0.1, 0.15) is 5.82 Å². The summed E-state index contributed by atoms with van der Waals surface area (Å²) in [5.74, 6) is 1.48. The van der Waals surface area contributed by atoms with E-state index in [0.717, 1.165) is 23.3 Å². The van der Waals surface area contributed by atoms with Crippen LogP contribution in [-0.4, -0.2) is 9.97 Å². The first kappa shape index (κ1) is 13.0. The van der Waals surface area contributed by atoms with Crippen molar-refractivity contribution >= 4 is 23.4 Å². The van der Waals surface area contributed by atoms with Crippen LogP contribution in [0.5, 0.6) is 0 Å². The maximum Gasteiger partial charge on any atom is 0.124 e. The quantitative estimate of drug-likeness (QED) is 0.865. The number of halogens is 1. The highest BCUT2D eigenvalue weighted by Gasteiger charge is 2.12. The van der Waals surface area contributed by atoms with Gasteiger partial charge < -0.3 is 10.7 Å². The molecule has 16 heavy (non-hydrogen) atoms. The lowest BCUT2D eigenvalue weighted by Crippen LogP contribution is -2.14. The largest absolute Gasteiger partial charge is 0.341 e. The second-order valence-electron chi connectivity index (χ2n) is 4.38. The fourth-order valence-corrected chi connectivity index (χ4v) is 1.77. The molecule has 0 aliphatic carbocycles. The van der Waals surface area contributed by atoms with Crippen LogP contribution in [0.2, 0.25) is 0 Å². The lowest BCUT2D eigenvalue weighted by Gasteiger charge is -2.10. The van der Waals surface area contributed by atoms with Gasteiger partial charge in [-0.15, -0.1) is 12.4 Å². The third-order valence-electron chi connectivity index (χ3n) is 2.48. The Bertz CT molecular complexity index is 417. The Morgan fingerprint density at radius 1 is 1.31 bits per heavy atom. The number of benzene rings is 1. The van der Waals surface area contributed by atoms with Crippen LogP contribution in [0, 0.1) is 5.92 Å². The number of para-hydroxylation sites is 2. The average Bonchev–Trinajstić information content (AvgIpc) is 2.59. The monoisotopic (exact) mass is 239 g/mol. The molecule has 3 nitrogen and oxygen atoms in total. The van der Waals surface area contributed by atoms with Crippen molar-refractivity contribution in [1.29, 1.82) is 0 Å². The van der Waals surface area contributed by atoms with E-state index in [1.807, 2.05) is 24.3 Å². The molecule has 1 aromatic heterocycles. The zero-order chi connectivity index (χ0) is 10.8. The Kier molecular flexibility index (Phi) is 4.33. The van der Waals surface area contributed by atoms with Gasteiger partial charge in [0.25, 0.3) is 0 Å². The van der Waals surface area contributed by atoms with Crippen molar-refractivity contribution in [2.45, 2.75) is 26.3 Å². The highest BCUT2D eigenvalue weighted by atomic mass is 35.5. The highest BCUT2D eigenvalue weighted by molar-refractivity contribution is 5.85. The van der Waals surface area contributed by atoms with Gasteiger partial charge in [-0.3, -0.25) is 0 Å². The van der Waals surface area contributed by atoms with Gasteiger partial charge in [-0.05, 0) is 24.5 Å². The molecule has 2 rings (SSSR count). The Balaban J connectivity index is 0.00000128. The summed E-state index contributed by atoms with van der Waals surface area (Å²) >= 11 is 0. The predicted octanol–water partition coefficient (Wildman–Crippen LogP) is 3.03. The van der Waals surface area contributed by atoms with Crippen molar-refractivity contribution in [2.75, 3.05) is 0 Å². The van der Waals surface area contributed by atoms with Gasteiger partial charge in [-0.25, -0.2) is 4.98 Å². The van der Waals surface area contributed by atoms with Gasteiger partial charge in [-0.2, -0.15) is 0 Å². The van der Waals surface area contributed by atoms with Crippen LogP contribution in [-0.2, 0) is 0 Å². The van der Waals surface area contributed by atoms with Crippen LogP contribution in [0.1, 0.15) is 32.1 Å². The highest BCUT2D eigenvalue weighted by Crippen LogP contribution is 2.19. The molecule has 0 spiro atoms. The lowest BCUT2D eigenvalue weighted by molar-refractivity contribution is 0.496. The van der Waals surface area contributed by atoms with E-state index in [9.17, 15) is 0 Å². The van der Waals surface area contributed by atoms with Crippen LogP contribution in [0.4, 0.5) is 0 Å². The first-order valence-corrected chi connectivity index (χ1v) is 5.37. The Morgan fingerprint density at radius 3 is 2.62 bits per heavy atom. The minimum absolute atomic E-state index is 0. The van der Waals surface area contributed by atoms with Crippen molar-refractivity contribution in [1.82, 2.24) is 9.97 Å². The summed E-state index contributed by atoms with van der Waals surface area (Å²) in [6.07, 6.45) is 0.958. The Labute approximate surface area is 102 Å². The number of nitrogens with two attached hydrogens (primary N) is 1. The van der Waals surface area contributed by atoms with Crippen molar-refractivity contribution in [3.63, 3.8) is 0 Å². The molecule has 1 atom stereocenters. The fourth-order valence-electron chi connectivity index (χ4n) is 1.77. The number of hydrogen-bond donors (Lipinski definition) is 2. The summed E-state index contributed by atoms with van der Waals surface area (Å²) in [5.41, 5.74) is 8.12. The second kappa shape index (κ2) is 5.32. The predicted molar refractivity (Wildman–Crippen MR) is 69.7 cm³/mol. The number of fused-ring (bicyclic) bond motifs is 1. The van der Waals surface area contributed by atoms with E-state index in [1.165, 1.54) is 0 Å². The number of hydrogen-bond acceptors (Lipinski definition) is 2. The number of aromatic nitrogens is 2. The molecule has 0 amide bonds. The molecule has 3 N–H and O–H groups in total. The zero-order valence-corrected chi connectivity index (χ0v) is 10.4. The van der Waals surface area contributed by atoms with E-state index in [4.69, 9.17) is 5.73 Å². The summed E-state index contributed by atoms with van der Waals surface area (Å²) in [5, 5.41) is 0. The fraction of sp³-hybridized carbons (Fsp3) is 0.417. The molecular weight excluding hydrogens is 222 g/mol. The summed E-state index contributed by atoms with van der Waals surface area (Å²) in [6.45, 7) is 4.34. The molecule has 0 unspecified atom stereocenters. The van der Waals surface area contributed by atoms with Gasteiger partial charge in [0.05, 0.1) is 17.1 Å². The number of nitrogens with zero attached hydrogens (tertiary/aromatic N) is 1. The summed E-state index contributed by atoms with van der Waals surface area (Å²) in [4.78, 5) is 7.75. The van der Waals surface area contributed by atoms with E-state index in [2.05, 4.69) is 23.8 Å². The molecule has 0 saturated carbocycles. The molecule has 4 heteroatoms. The maximum atomic E-state index is 6.07. The molecule has 1 heterocycles. The van der Waals surface area contributed by atoms with E-state index in [1.54, 1.807) is 0 Å². The molecule has 1 aromatic carbocycles. The summed E-state index contributed by atoms with van der Waals surface area (Å²) in [6, 6.07) is 8.02. The minimum atomic E-state index is 0. The van der Waals surface area contributed by atoms with Crippen LogP contribution in [0.15, 0.2) is 24.3 Å². The SMILES string of the molecule is CC(C)C[C@@H](N)c1nc2ccccc2[nH]1.Cl. The second-order valence-corrected chi connectivity index (χ2v) is 4.38. The number of rotatable bonds is 3. The molecule has 0 bridgehead atoms. The molecule has 0 radical (unpaired) electrons. The van der Waals surface area contributed by atoms with Gasteiger partial charge >= 0.3 is 0 Å². The number of nitrogens with one attached hydrogen (secondary N) is 1. The number of H-pyrrole nitrogens is 1. The van der Waals surface area contributed by atoms with Crippen LogP contribution in [0.25, 0.3) is 11.0 Å². The Morgan fingerprint density at radius 2 is 2.00 bits per heavy atom. The van der Waals surface area contributed by atoms with Crippen molar-refractivity contribution < 1.29 is 0 Å². The van der Waals surface area contributed by atoms with Gasteiger partial charge in [0.2, 0.25) is 0 Å². The number of imidazole rings is 1. The normalized spacial score (nSPS) is 12.8. The van der Waals surface area contributed by atoms with Gasteiger partial charge in [0, 0.05) is 0 Å². The number of aromatic amines is 1. The maximum absolute atomic E-state index is 6.07. The third kappa shape index (κ3) is 2.74. The van der Waals surface area contributed by atoms with Crippen molar-refractivity contribution in [3.05, 3.63) is 30.1 Å². The van der Waals surface area contributed by atoms with Gasteiger partial charge in [0.15, 0.2) is 0 Å². The molecule has 0 fully saturated rings. The molecule has 0 aliphatic heterocycles. The van der Waals surface area contributed by atoms with E-state index in [-0.39, 0.29) is 18.4 Å². The van der Waals surface area contributed by atoms with E-state index >= 15 is 0 Å². The third-order valence-corrected chi connectivity index (χ3v) is 2.48. The van der Waals surface area contributed by atoms with E-state index in [0.29, 0.717) is 5.92 Å². The summed E-state index contributed by atoms with van der Waals surface area (Å²) < 4.78 is 0. The van der Waals surface area contributed by atoms with Gasteiger partial charge in [-0.1, -0.05) is 26.0 Å². The van der Waals surface area contributed by atoms with Crippen molar-refractivity contribution in [3.8, 4) is 0 Å². The zero-order valence-electron chi connectivity index (χ0n) is 9.60. The molecular formula is C12H18ClN3. The summed E-state index contributed by atoms with van der Waals surface area (Å²) in [7, 11) is 0. The average molecular weight is 240 g/mol. The van der Waals surface area contributed by atoms with Crippen LogP contribution in [0.3, 0.4) is 0 Å².